The minimum absolute atomic E-state index is 0.0930. The van der Waals surface area contributed by atoms with E-state index in [0.717, 1.165) is 30.6 Å². The van der Waals surface area contributed by atoms with Crippen LogP contribution >= 0.6 is 0 Å². The first kappa shape index (κ1) is 16.7. The Balaban J connectivity index is 1.39. The average molecular weight is 335 g/mol. The topological polar surface area (TPSA) is 57.7 Å². The number of amides is 2. The maximum atomic E-state index is 12.8. The summed E-state index contributed by atoms with van der Waals surface area (Å²) in [5.74, 6) is 2.62. The van der Waals surface area contributed by atoms with Crippen molar-refractivity contribution < 1.29 is 10.1 Å². The van der Waals surface area contributed by atoms with Crippen LogP contribution in [0.4, 0.5) is 4.79 Å². The molecule has 0 atom stereocenters. The molecule has 0 aromatic rings. The van der Waals surface area contributed by atoms with E-state index in [1.165, 1.54) is 38.5 Å². The molecular weight excluding hydrogens is 298 g/mol. The number of nitrogens with two attached hydrogens (primary N) is 1. The van der Waals surface area contributed by atoms with E-state index < -0.39 is 0 Å². The van der Waals surface area contributed by atoms with Crippen molar-refractivity contribution in [2.24, 2.45) is 17.8 Å². The Morgan fingerprint density at radius 1 is 0.833 bits per heavy atom. The van der Waals surface area contributed by atoms with E-state index in [-0.39, 0.29) is 28.7 Å². The van der Waals surface area contributed by atoms with E-state index in [9.17, 15) is 4.79 Å². The molecule has 2 amide bonds. The van der Waals surface area contributed by atoms with E-state index in [0.29, 0.717) is 0 Å². The van der Waals surface area contributed by atoms with Crippen molar-refractivity contribution in [2.75, 3.05) is 0 Å². The van der Waals surface area contributed by atoms with Gasteiger partial charge in [-0.2, -0.15) is 0 Å². The van der Waals surface area contributed by atoms with Gasteiger partial charge in [0, 0.05) is 24.4 Å². The lowest BCUT2D eigenvalue weighted by Gasteiger charge is -2.56. The van der Waals surface area contributed by atoms with Gasteiger partial charge in [0.25, 0.3) is 0 Å². The summed E-state index contributed by atoms with van der Waals surface area (Å²) in [5.41, 5.74) is 0.505. The Morgan fingerprint density at radius 2 is 1.29 bits per heavy atom. The first-order valence-corrected chi connectivity index (χ1v) is 10.1. The Hall–Kier alpha value is -0.770. The normalized spacial score (nSPS) is 42.8. The lowest BCUT2D eigenvalue weighted by Crippen LogP contribution is -3.06. The lowest BCUT2D eigenvalue weighted by atomic mass is 9.53. The van der Waals surface area contributed by atoms with Gasteiger partial charge < -0.3 is 16.0 Å². The predicted molar refractivity (Wildman–Crippen MR) is 95.7 cm³/mol. The van der Waals surface area contributed by atoms with Crippen molar-refractivity contribution in [3.05, 3.63) is 0 Å². The van der Waals surface area contributed by atoms with Crippen LogP contribution in [0.25, 0.3) is 0 Å². The van der Waals surface area contributed by atoms with E-state index >= 15 is 0 Å². The number of hydrogen-bond donors (Lipinski definition) is 3. The van der Waals surface area contributed by atoms with E-state index in [4.69, 9.17) is 0 Å². The monoisotopic (exact) mass is 334 g/mol. The second-order valence-corrected chi connectivity index (χ2v) is 11.0. The predicted octanol–water partition coefficient (Wildman–Crippen LogP) is 2.54. The maximum absolute atomic E-state index is 12.8. The standard InChI is InChI=1S/C20H35N3O/c1-18(2)11-16(12-19(3,4)23-18)21-17(24)22-20-8-13-5-14(9-20)7-15(6-13)10-20/h13-16,23H,5-12H2,1-4H3,(H2,21,22,24)/p+1. The van der Waals surface area contributed by atoms with Gasteiger partial charge in [0.1, 0.15) is 0 Å². The molecule has 24 heavy (non-hydrogen) atoms. The quantitative estimate of drug-likeness (QED) is 0.714. The van der Waals surface area contributed by atoms with Crippen molar-refractivity contribution in [2.45, 2.75) is 102 Å². The molecule has 1 aliphatic heterocycles. The van der Waals surface area contributed by atoms with Gasteiger partial charge >= 0.3 is 6.03 Å². The van der Waals surface area contributed by atoms with Crippen LogP contribution in [0.1, 0.15) is 79.1 Å². The number of carbonyl (C=O) groups is 1. The number of piperidine rings is 1. The van der Waals surface area contributed by atoms with Crippen LogP contribution in [-0.2, 0) is 0 Å². The van der Waals surface area contributed by atoms with Gasteiger partial charge in [0.2, 0.25) is 0 Å². The van der Waals surface area contributed by atoms with Crippen molar-refractivity contribution >= 4 is 6.03 Å². The number of nitrogens with one attached hydrogen (secondary N) is 2. The van der Waals surface area contributed by atoms with Crippen LogP contribution in [-0.4, -0.2) is 28.7 Å². The summed E-state index contributed by atoms with van der Waals surface area (Å²) in [5, 5.41) is 9.27. The number of urea groups is 1. The molecule has 136 valence electrons. The third-order valence-electron chi connectivity index (χ3n) is 7.08. The lowest BCUT2D eigenvalue weighted by molar-refractivity contribution is -0.787. The fourth-order valence-electron chi connectivity index (χ4n) is 7.35. The fourth-order valence-corrected chi connectivity index (χ4v) is 7.35. The highest BCUT2D eigenvalue weighted by molar-refractivity contribution is 5.75. The van der Waals surface area contributed by atoms with Crippen molar-refractivity contribution in [1.82, 2.24) is 10.6 Å². The molecule has 4 nitrogen and oxygen atoms in total. The molecule has 4 saturated carbocycles. The Kier molecular flexibility index (Phi) is 3.73. The van der Waals surface area contributed by atoms with Crippen LogP contribution in [0.5, 0.6) is 0 Å². The summed E-state index contributed by atoms with van der Waals surface area (Å²) in [6.45, 7) is 9.16. The van der Waals surface area contributed by atoms with Gasteiger partial charge in [0.15, 0.2) is 0 Å². The number of hydrogen-bond acceptors (Lipinski definition) is 1. The highest BCUT2D eigenvalue weighted by Gasteiger charge is 2.52. The van der Waals surface area contributed by atoms with E-state index in [1.807, 2.05) is 0 Å². The smallest absolute Gasteiger partial charge is 0.315 e. The Morgan fingerprint density at radius 3 is 1.75 bits per heavy atom. The highest BCUT2D eigenvalue weighted by Crippen LogP contribution is 2.55. The van der Waals surface area contributed by atoms with E-state index in [1.54, 1.807) is 0 Å². The van der Waals surface area contributed by atoms with Crippen LogP contribution in [0.3, 0.4) is 0 Å². The molecule has 4 heteroatoms. The third-order valence-corrected chi connectivity index (χ3v) is 7.08. The molecule has 0 aromatic carbocycles. The maximum Gasteiger partial charge on any atom is 0.315 e. The summed E-state index contributed by atoms with van der Waals surface area (Å²) in [6, 6.07) is 0.379. The zero-order valence-electron chi connectivity index (χ0n) is 16.0. The minimum atomic E-state index is 0.0930. The fraction of sp³-hybridized carbons (Fsp3) is 0.950. The second-order valence-electron chi connectivity index (χ2n) is 11.0. The Labute approximate surface area is 146 Å². The molecule has 0 unspecified atom stereocenters. The first-order valence-electron chi connectivity index (χ1n) is 10.1. The van der Waals surface area contributed by atoms with Crippen LogP contribution in [0.2, 0.25) is 0 Å². The van der Waals surface area contributed by atoms with Crippen LogP contribution in [0, 0.1) is 17.8 Å². The van der Waals surface area contributed by atoms with Gasteiger partial charge in [0.05, 0.1) is 11.1 Å². The van der Waals surface area contributed by atoms with Crippen molar-refractivity contribution in [3.63, 3.8) is 0 Å². The van der Waals surface area contributed by atoms with Crippen molar-refractivity contribution in [3.8, 4) is 0 Å². The number of quaternary nitrogens is 1. The third kappa shape index (κ3) is 3.31. The number of rotatable bonds is 2. The summed E-state index contributed by atoms with van der Waals surface area (Å²) in [6.07, 6.45) is 10.0. The van der Waals surface area contributed by atoms with Gasteiger partial charge in [-0.1, -0.05) is 0 Å². The van der Waals surface area contributed by atoms with Gasteiger partial charge in [-0.05, 0) is 84.0 Å². The SMILES string of the molecule is CC1(C)CC(NC(=O)NC23CC4CC(CC(C4)C2)C3)CC(C)(C)[NH2+]1. The van der Waals surface area contributed by atoms with E-state index in [2.05, 4.69) is 43.6 Å². The summed E-state index contributed by atoms with van der Waals surface area (Å²) in [4.78, 5) is 12.8. The Bertz CT molecular complexity index is 474. The highest BCUT2D eigenvalue weighted by atomic mass is 16.2. The molecule has 5 fully saturated rings. The summed E-state index contributed by atoms with van der Waals surface area (Å²) < 4.78 is 0. The molecule has 5 aliphatic rings. The molecule has 5 rings (SSSR count). The van der Waals surface area contributed by atoms with Crippen LogP contribution in [0.15, 0.2) is 0 Å². The zero-order chi connectivity index (χ0) is 17.2. The largest absolute Gasteiger partial charge is 0.337 e. The van der Waals surface area contributed by atoms with Gasteiger partial charge in [-0.15, -0.1) is 0 Å². The average Bonchev–Trinajstić information content (AvgIpc) is 2.30. The molecule has 4 aliphatic carbocycles. The number of carbonyl (C=O) groups excluding carboxylic acids is 1. The zero-order valence-corrected chi connectivity index (χ0v) is 16.0. The summed E-state index contributed by atoms with van der Waals surface area (Å²) >= 11 is 0. The molecule has 1 heterocycles. The van der Waals surface area contributed by atoms with Crippen LogP contribution < -0.4 is 16.0 Å². The molecule has 0 aromatic heterocycles. The van der Waals surface area contributed by atoms with Gasteiger partial charge in [-0.3, -0.25) is 0 Å². The molecule has 4 bridgehead atoms. The molecule has 0 radical (unpaired) electrons. The molecule has 1 saturated heterocycles. The molecule has 0 spiro atoms. The minimum Gasteiger partial charge on any atom is -0.337 e. The molecule has 4 N–H and O–H groups in total. The summed E-state index contributed by atoms with van der Waals surface area (Å²) in [7, 11) is 0. The second kappa shape index (κ2) is 5.36. The first-order chi connectivity index (χ1) is 11.1. The van der Waals surface area contributed by atoms with Crippen molar-refractivity contribution in [1.29, 1.82) is 0 Å². The molecular formula is C20H36N3O+. The van der Waals surface area contributed by atoms with Gasteiger partial charge in [-0.25, -0.2) is 4.79 Å².